The van der Waals surface area contributed by atoms with Crippen molar-refractivity contribution in [1.29, 1.82) is 0 Å². The molecule has 236 valence electrons. The highest BCUT2D eigenvalue weighted by atomic mass is 16.3. The summed E-state index contributed by atoms with van der Waals surface area (Å²) in [6, 6.07) is 22.8. The molecule has 7 heteroatoms. The summed E-state index contributed by atoms with van der Waals surface area (Å²) in [5.74, 6) is -1.47. The Morgan fingerprint density at radius 1 is 0.889 bits per heavy atom. The summed E-state index contributed by atoms with van der Waals surface area (Å²) < 4.78 is 0. The molecule has 45 heavy (non-hydrogen) atoms. The van der Waals surface area contributed by atoms with Crippen LogP contribution in [0, 0.1) is 11.8 Å². The van der Waals surface area contributed by atoms with E-state index in [-0.39, 0.29) is 36.4 Å². The van der Waals surface area contributed by atoms with E-state index in [0.29, 0.717) is 17.7 Å². The van der Waals surface area contributed by atoms with Gasteiger partial charge < -0.3 is 15.7 Å². The highest BCUT2D eigenvalue weighted by molar-refractivity contribution is 6.01. The van der Waals surface area contributed by atoms with E-state index in [4.69, 9.17) is 0 Å². The Hall–Kier alpha value is -4.36. The van der Waals surface area contributed by atoms with Crippen LogP contribution in [0.15, 0.2) is 85.2 Å². The van der Waals surface area contributed by atoms with Crippen LogP contribution in [-0.4, -0.2) is 39.3 Å². The number of aromatic nitrogens is 1. The molecule has 4 aromatic rings. The van der Waals surface area contributed by atoms with E-state index in [1.807, 2.05) is 101 Å². The normalized spacial score (nSPS) is 13.7. The first-order valence-electron chi connectivity index (χ1n) is 15.6. The van der Waals surface area contributed by atoms with Crippen molar-refractivity contribution in [3.63, 3.8) is 0 Å². The lowest BCUT2D eigenvalue weighted by Gasteiger charge is -2.29. The number of aliphatic hydroxyl groups is 1. The molecular formula is C38H45N3O4. The topological polar surface area (TPSA) is 108 Å². The van der Waals surface area contributed by atoms with Gasteiger partial charge in [-0.15, -0.1) is 0 Å². The number of hydrogen-bond donors (Lipinski definition) is 3. The fourth-order valence-electron chi connectivity index (χ4n) is 6.07. The minimum Gasteiger partial charge on any atom is -0.392 e. The molecule has 0 fully saturated rings. The molecule has 3 atom stereocenters. The zero-order chi connectivity index (χ0) is 32.7. The Balaban J connectivity index is 1.71. The van der Waals surface area contributed by atoms with Crippen molar-refractivity contribution in [3.05, 3.63) is 107 Å². The minimum absolute atomic E-state index is 0.0142. The molecule has 1 heterocycles. The molecule has 0 spiro atoms. The van der Waals surface area contributed by atoms with Crippen LogP contribution in [-0.2, 0) is 22.4 Å². The SMILES string of the molecule is CC(=O)Nc1ccc2ccccc2c1[C@@H](C(=O)C[C@H](Cc1cccnc1)[C@H](O)Cc1ccccc1C(=O)NC(C)(C)C)C(C)C. The van der Waals surface area contributed by atoms with E-state index in [2.05, 4.69) is 15.6 Å². The first-order valence-corrected chi connectivity index (χ1v) is 15.6. The van der Waals surface area contributed by atoms with Gasteiger partial charge in [-0.3, -0.25) is 19.4 Å². The maximum Gasteiger partial charge on any atom is 0.251 e. The number of nitrogens with one attached hydrogen (secondary N) is 2. The second-order valence-corrected chi connectivity index (χ2v) is 13.3. The number of benzene rings is 3. The van der Waals surface area contributed by atoms with Gasteiger partial charge in [0, 0.05) is 48.4 Å². The molecule has 4 rings (SSSR count). The number of Topliss-reactive ketones (excluding diaryl/α,β-unsaturated/α-hetero) is 1. The summed E-state index contributed by atoms with van der Waals surface area (Å²) in [5, 5.41) is 19.7. The third kappa shape index (κ3) is 8.85. The van der Waals surface area contributed by atoms with Crippen molar-refractivity contribution >= 4 is 34.1 Å². The molecule has 3 aromatic carbocycles. The van der Waals surface area contributed by atoms with Gasteiger partial charge in [-0.1, -0.05) is 68.4 Å². The molecule has 0 aliphatic carbocycles. The Morgan fingerprint density at radius 3 is 2.27 bits per heavy atom. The monoisotopic (exact) mass is 607 g/mol. The number of carbonyl (C=O) groups is 3. The number of carbonyl (C=O) groups excluding carboxylic acids is 3. The van der Waals surface area contributed by atoms with Crippen LogP contribution in [0.25, 0.3) is 10.8 Å². The molecule has 0 aliphatic heterocycles. The van der Waals surface area contributed by atoms with Gasteiger partial charge in [-0.05, 0) is 91.1 Å². The van der Waals surface area contributed by atoms with Crippen LogP contribution in [0.2, 0.25) is 0 Å². The average molecular weight is 608 g/mol. The maximum atomic E-state index is 14.5. The summed E-state index contributed by atoms with van der Waals surface area (Å²) in [6.45, 7) is 11.3. The van der Waals surface area contributed by atoms with E-state index >= 15 is 0 Å². The number of amides is 2. The number of nitrogens with zero attached hydrogens (tertiary/aromatic N) is 1. The molecule has 0 unspecified atom stereocenters. The summed E-state index contributed by atoms with van der Waals surface area (Å²) in [7, 11) is 0. The molecule has 1 aromatic heterocycles. The Kier molecular flexibility index (Phi) is 10.9. The van der Waals surface area contributed by atoms with Crippen LogP contribution in [0.3, 0.4) is 0 Å². The molecule has 0 bridgehead atoms. The van der Waals surface area contributed by atoms with Gasteiger partial charge in [0.1, 0.15) is 5.78 Å². The smallest absolute Gasteiger partial charge is 0.251 e. The third-order valence-corrected chi connectivity index (χ3v) is 8.01. The van der Waals surface area contributed by atoms with Gasteiger partial charge in [-0.25, -0.2) is 0 Å². The average Bonchev–Trinajstić information content (AvgIpc) is 2.97. The van der Waals surface area contributed by atoms with Gasteiger partial charge in [0.15, 0.2) is 0 Å². The van der Waals surface area contributed by atoms with Crippen LogP contribution in [0.5, 0.6) is 0 Å². The highest BCUT2D eigenvalue weighted by Gasteiger charge is 2.33. The van der Waals surface area contributed by atoms with Gasteiger partial charge in [0.25, 0.3) is 5.91 Å². The molecule has 0 aliphatic rings. The first kappa shape index (κ1) is 33.5. The molecule has 0 radical (unpaired) electrons. The molecule has 2 amide bonds. The number of fused-ring (bicyclic) bond motifs is 1. The number of aliphatic hydroxyl groups excluding tert-OH is 1. The Morgan fingerprint density at radius 2 is 1.60 bits per heavy atom. The fraction of sp³-hybridized carbons (Fsp3) is 0.368. The van der Waals surface area contributed by atoms with Crippen molar-refractivity contribution in [1.82, 2.24) is 10.3 Å². The van der Waals surface area contributed by atoms with Gasteiger partial charge in [0.2, 0.25) is 5.91 Å². The maximum absolute atomic E-state index is 14.5. The van der Waals surface area contributed by atoms with Crippen molar-refractivity contribution < 1.29 is 19.5 Å². The zero-order valence-corrected chi connectivity index (χ0v) is 27.1. The summed E-state index contributed by atoms with van der Waals surface area (Å²) in [4.78, 5) is 44.1. The van der Waals surface area contributed by atoms with E-state index < -0.39 is 23.5 Å². The standard InChI is InChI=1S/C38H45N3O4/c1-24(2)35(36-30-15-9-7-13-27(30)17-18-32(36)40-25(3)42)34(44)22-29(20-26-12-11-19-39-23-26)33(43)21-28-14-8-10-16-31(28)37(45)41-38(4,5)6/h7-19,23-24,29,33,35,43H,20-22H2,1-6H3,(H,40,42)(H,41,45)/t29-,33+,35+/m0/s1. The van der Waals surface area contributed by atoms with Crippen LogP contribution >= 0.6 is 0 Å². The van der Waals surface area contributed by atoms with Gasteiger partial charge in [0.05, 0.1) is 6.10 Å². The lowest BCUT2D eigenvalue weighted by molar-refractivity contribution is -0.123. The lowest BCUT2D eigenvalue weighted by atomic mass is 9.76. The molecule has 0 saturated carbocycles. The van der Waals surface area contributed by atoms with Gasteiger partial charge >= 0.3 is 0 Å². The molecular weight excluding hydrogens is 562 g/mol. The zero-order valence-electron chi connectivity index (χ0n) is 27.1. The molecule has 0 saturated heterocycles. The Labute approximate surface area is 266 Å². The van der Waals surface area contributed by atoms with E-state index in [0.717, 1.165) is 27.5 Å². The number of pyridine rings is 1. The third-order valence-electron chi connectivity index (χ3n) is 8.01. The number of rotatable bonds is 12. The van der Waals surface area contributed by atoms with Crippen molar-refractivity contribution in [3.8, 4) is 0 Å². The molecule has 7 nitrogen and oxygen atoms in total. The van der Waals surface area contributed by atoms with Crippen molar-refractivity contribution in [2.45, 2.75) is 78.4 Å². The van der Waals surface area contributed by atoms with Crippen molar-refractivity contribution in [2.24, 2.45) is 11.8 Å². The second-order valence-electron chi connectivity index (χ2n) is 13.3. The van der Waals surface area contributed by atoms with E-state index in [9.17, 15) is 19.5 Å². The predicted octanol–water partition coefficient (Wildman–Crippen LogP) is 6.88. The summed E-state index contributed by atoms with van der Waals surface area (Å²) in [6.07, 6.45) is 3.31. The van der Waals surface area contributed by atoms with E-state index in [1.165, 1.54) is 6.92 Å². The minimum atomic E-state index is -0.909. The lowest BCUT2D eigenvalue weighted by Crippen LogP contribution is -2.41. The second kappa shape index (κ2) is 14.6. The fourth-order valence-corrected chi connectivity index (χ4v) is 6.07. The van der Waals surface area contributed by atoms with Crippen LogP contribution in [0.1, 0.15) is 80.9 Å². The van der Waals surface area contributed by atoms with E-state index in [1.54, 1.807) is 18.5 Å². The largest absolute Gasteiger partial charge is 0.392 e. The van der Waals surface area contributed by atoms with Crippen molar-refractivity contribution in [2.75, 3.05) is 5.32 Å². The first-order chi connectivity index (χ1) is 21.3. The summed E-state index contributed by atoms with van der Waals surface area (Å²) >= 11 is 0. The molecule has 3 N–H and O–H groups in total. The van der Waals surface area contributed by atoms with Gasteiger partial charge in [-0.2, -0.15) is 0 Å². The highest BCUT2D eigenvalue weighted by Crippen LogP contribution is 2.39. The van der Waals surface area contributed by atoms with Crippen LogP contribution in [0.4, 0.5) is 5.69 Å². The predicted molar refractivity (Wildman–Crippen MR) is 180 cm³/mol. The Bertz CT molecular complexity index is 1640. The quantitative estimate of drug-likeness (QED) is 0.163. The number of anilines is 1. The number of ketones is 1. The number of hydrogen-bond acceptors (Lipinski definition) is 5. The summed E-state index contributed by atoms with van der Waals surface area (Å²) in [5.41, 5.74) is 3.14. The van der Waals surface area contributed by atoms with Crippen LogP contribution < -0.4 is 10.6 Å².